The first-order chi connectivity index (χ1) is 14.5. The molecule has 2 amide bonds. The van der Waals surface area contributed by atoms with Crippen molar-refractivity contribution in [1.82, 2.24) is 9.97 Å². The molecular formula is C21H24ClN5O3. The van der Waals surface area contributed by atoms with Crippen molar-refractivity contribution in [3.8, 4) is 0 Å². The number of nitrogens with zero attached hydrogens (tertiary/aromatic N) is 2. The topological polar surface area (TPSA) is 107 Å². The molecule has 1 saturated heterocycles. The van der Waals surface area contributed by atoms with Crippen LogP contribution < -0.4 is 21.1 Å². The van der Waals surface area contributed by atoms with Gasteiger partial charge in [0.25, 0.3) is 5.56 Å². The highest BCUT2D eigenvalue weighted by molar-refractivity contribution is 6.33. The minimum absolute atomic E-state index is 0.130. The SMILES string of the molecule is CC[C@@H]1CCCCN1c1nc2c(c(=O)[nH]1)[C@H](C(=O)Nc1ccccc1Cl)CC(=O)N2. The molecule has 8 nitrogen and oxygen atoms in total. The summed E-state index contributed by atoms with van der Waals surface area (Å²) in [7, 11) is 0. The molecule has 0 spiro atoms. The number of amides is 2. The van der Waals surface area contributed by atoms with Crippen molar-refractivity contribution in [2.24, 2.45) is 0 Å². The van der Waals surface area contributed by atoms with Crippen LogP contribution in [0.25, 0.3) is 0 Å². The number of nitrogens with one attached hydrogen (secondary N) is 3. The van der Waals surface area contributed by atoms with Crippen molar-refractivity contribution < 1.29 is 9.59 Å². The van der Waals surface area contributed by atoms with E-state index in [-0.39, 0.29) is 23.7 Å². The summed E-state index contributed by atoms with van der Waals surface area (Å²) in [5.41, 5.74) is 0.194. The fraction of sp³-hybridized carbons (Fsp3) is 0.429. The lowest BCUT2D eigenvalue weighted by atomic mass is 9.92. The lowest BCUT2D eigenvalue weighted by Gasteiger charge is -2.36. The molecule has 0 bridgehead atoms. The van der Waals surface area contributed by atoms with E-state index in [0.717, 1.165) is 32.2 Å². The fourth-order valence-electron chi connectivity index (χ4n) is 4.21. The van der Waals surface area contributed by atoms with Gasteiger partial charge in [-0.15, -0.1) is 0 Å². The van der Waals surface area contributed by atoms with Crippen LogP contribution in [0.5, 0.6) is 0 Å². The zero-order valence-electron chi connectivity index (χ0n) is 16.7. The molecule has 2 aromatic rings. The summed E-state index contributed by atoms with van der Waals surface area (Å²) in [6, 6.07) is 7.10. The molecule has 0 unspecified atom stereocenters. The number of hydrogen-bond donors (Lipinski definition) is 3. The zero-order chi connectivity index (χ0) is 21.3. The Balaban J connectivity index is 1.67. The fourth-order valence-corrected chi connectivity index (χ4v) is 4.39. The van der Waals surface area contributed by atoms with Gasteiger partial charge in [0.15, 0.2) is 0 Å². The van der Waals surface area contributed by atoms with Crippen molar-refractivity contribution in [3.63, 3.8) is 0 Å². The number of anilines is 3. The van der Waals surface area contributed by atoms with Gasteiger partial charge in [-0.05, 0) is 37.8 Å². The van der Waals surface area contributed by atoms with E-state index >= 15 is 0 Å². The largest absolute Gasteiger partial charge is 0.339 e. The number of halogens is 1. The Morgan fingerprint density at radius 3 is 2.87 bits per heavy atom. The third kappa shape index (κ3) is 3.92. The van der Waals surface area contributed by atoms with Gasteiger partial charge >= 0.3 is 0 Å². The summed E-state index contributed by atoms with van der Waals surface area (Å²) in [6.07, 6.45) is 4.01. The van der Waals surface area contributed by atoms with E-state index in [2.05, 4.69) is 32.4 Å². The number of aromatic nitrogens is 2. The average Bonchev–Trinajstić information content (AvgIpc) is 2.74. The minimum Gasteiger partial charge on any atom is -0.339 e. The van der Waals surface area contributed by atoms with Crippen LogP contribution in [0.4, 0.5) is 17.5 Å². The number of hydrogen-bond acceptors (Lipinski definition) is 5. The Kier molecular flexibility index (Phi) is 5.76. The molecule has 1 fully saturated rings. The van der Waals surface area contributed by atoms with E-state index in [1.807, 2.05) is 0 Å². The number of aromatic amines is 1. The summed E-state index contributed by atoms with van der Waals surface area (Å²) < 4.78 is 0. The molecule has 2 aliphatic heterocycles. The highest BCUT2D eigenvalue weighted by atomic mass is 35.5. The number of benzene rings is 1. The number of carbonyl (C=O) groups excluding carboxylic acids is 2. The Bertz CT molecular complexity index is 1040. The van der Waals surface area contributed by atoms with Crippen LogP contribution in [0, 0.1) is 0 Å². The second-order valence-corrected chi connectivity index (χ2v) is 8.08. The molecule has 0 aliphatic carbocycles. The van der Waals surface area contributed by atoms with Gasteiger partial charge in [-0.1, -0.05) is 30.7 Å². The number of H-pyrrole nitrogens is 1. The first-order valence-corrected chi connectivity index (χ1v) is 10.6. The first kappa shape index (κ1) is 20.4. The molecule has 158 valence electrons. The van der Waals surface area contributed by atoms with E-state index in [4.69, 9.17) is 11.6 Å². The Hall–Kier alpha value is -2.87. The zero-order valence-corrected chi connectivity index (χ0v) is 17.5. The van der Waals surface area contributed by atoms with Crippen molar-refractivity contribution in [2.75, 3.05) is 22.1 Å². The van der Waals surface area contributed by atoms with Crippen LogP contribution in [0.15, 0.2) is 29.1 Å². The van der Waals surface area contributed by atoms with Crippen LogP contribution >= 0.6 is 11.6 Å². The van der Waals surface area contributed by atoms with Crippen LogP contribution in [0.3, 0.4) is 0 Å². The maximum absolute atomic E-state index is 13.0. The number of piperidine rings is 1. The third-order valence-electron chi connectivity index (χ3n) is 5.76. The van der Waals surface area contributed by atoms with Crippen molar-refractivity contribution in [1.29, 1.82) is 0 Å². The van der Waals surface area contributed by atoms with Gasteiger partial charge in [0.05, 0.1) is 22.2 Å². The summed E-state index contributed by atoms with van der Waals surface area (Å²) >= 11 is 6.12. The number of para-hydroxylation sites is 1. The molecule has 30 heavy (non-hydrogen) atoms. The third-order valence-corrected chi connectivity index (χ3v) is 6.09. The Morgan fingerprint density at radius 1 is 1.30 bits per heavy atom. The number of fused-ring (bicyclic) bond motifs is 1. The van der Waals surface area contributed by atoms with Gasteiger partial charge in [-0.3, -0.25) is 19.4 Å². The molecule has 1 aromatic heterocycles. The monoisotopic (exact) mass is 429 g/mol. The smallest absolute Gasteiger partial charge is 0.258 e. The van der Waals surface area contributed by atoms with E-state index in [1.54, 1.807) is 24.3 Å². The van der Waals surface area contributed by atoms with Gasteiger partial charge < -0.3 is 15.5 Å². The standard InChI is InChI=1S/C21H24ClN5O3/c1-2-12-7-5-6-10-27(12)21-25-18-17(20(30)26-21)13(11-16(28)24-18)19(29)23-15-9-4-3-8-14(15)22/h3-4,8-9,12-13H,2,5-7,10-11H2,1H3,(H,23,29)(H2,24,25,26,28,30)/t12-,13-/m1/s1. The molecule has 2 atom stereocenters. The van der Waals surface area contributed by atoms with Gasteiger partial charge in [0, 0.05) is 19.0 Å². The van der Waals surface area contributed by atoms with E-state index in [0.29, 0.717) is 22.7 Å². The van der Waals surface area contributed by atoms with Crippen LogP contribution in [-0.2, 0) is 9.59 Å². The maximum Gasteiger partial charge on any atom is 0.258 e. The number of rotatable bonds is 4. The van der Waals surface area contributed by atoms with Gasteiger partial charge in [0.2, 0.25) is 17.8 Å². The molecule has 0 radical (unpaired) electrons. The van der Waals surface area contributed by atoms with Crippen LogP contribution in [-0.4, -0.2) is 34.4 Å². The average molecular weight is 430 g/mol. The second kappa shape index (κ2) is 8.47. The molecule has 9 heteroatoms. The Morgan fingerprint density at radius 2 is 2.10 bits per heavy atom. The predicted octanol–water partition coefficient (Wildman–Crippen LogP) is 3.26. The molecule has 0 saturated carbocycles. The molecular weight excluding hydrogens is 406 g/mol. The van der Waals surface area contributed by atoms with E-state index < -0.39 is 17.4 Å². The Labute approximate surface area is 179 Å². The molecule has 4 rings (SSSR count). The highest BCUT2D eigenvalue weighted by Gasteiger charge is 2.36. The maximum atomic E-state index is 13.0. The highest BCUT2D eigenvalue weighted by Crippen LogP contribution is 2.32. The molecule has 3 N–H and O–H groups in total. The first-order valence-electron chi connectivity index (χ1n) is 10.2. The predicted molar refractivity (Wildman–Crippen MR) is 116 cm³/mol. The second-order valence-electron chi connectivity index (χ2n) is 7.68. The van der Waals surface area contributed by atoms with Crippen molar-refractivity contribution in [2.45, 2.75) is 51.0 Å². The molecule has 1 aromatic carbocycles. The van der Waals surface area contributed by atoms with Crippen LogP contribution in [0.1, 0.15) is 50.5 Å². The summed E-state index contributed by atoms with van der Waals surface area (Å²) in [5, 5.41) is 5.77. The van der Waals surface area contributed by atoms with Gasteiger partial charge in [0.1, 0.15) is 5.82 Å². The number of carbonyl (C=O) groups is 2. The van der Waals surface area contributed by atoms with Crippen molar-refractivity contribution in [3.05, 3.63) is 45.2 Å². The molecule has 2 aliphatic rings. The van der Waals surface area contributed by atoms with Crippen molar-refractivity contribution >= 4 is 40.9 Å². The van der Waals surface area contributed by atoms with Crippen LogP contribution in [0.2, 0.25) is 5.02 Å². The van der Waals surface area contributed by atoms with E-state index in [9.17, 15) is 14.4 Å². The van der Waals surface area contributed by atoms with Gasteiger partial charge in [-0.2, -0.15) is 4.98 Å². The van der Waals surface area contributed by atoms with E-state index in [1.165, 1.54) is 0 Å². The lowest BCUT2D eigenvalue weighted by Crippen LogP contribution is -2.43. The normalized spacial score (nSPS) is 21.0. The summed E-state index contributed by atoms with van der Waals surface area (Å²) in [4.78, 5) is 47.7. The van der Waals surface area contributed by atoms with Gasteiger partial charge in [-0.25, -0.2) is 0 Å². The molecule has 3 heterocycles. The summed E-state index contributed by atoms with van der Waals surface area (Å²) in [5.74, 6) is -1.17. The minimum atomic E-state index is -0.946. The lowest BCUT2D eigenvalue weighted by molar-refractivity contribution is -0.123. The quantitative estimate of drug-likeness (QED) is 0.691. The summed E-state index contributed by atoms with van der Waals surface area (Å²) in [6.45, 7) is 2.90.